The van der Waals surface area contributed by atoms with Crippen molar-refractivity contribution in [3.8, 4) is 0 Å². The molecule has 19 heavy (non-hydrogen) atoms. The molecule has 1 atom stereocenters. The predicted molar refractivity (Wildman–Crippen MR) is 78.4 cm³/mol. The van der Waals surface area contributed by atoms with Crippen LogP contribution >= 0.6 is 11.8 Å². The molecule has 0 aromatic heterocycles. The van der Waals surface area contributed by atoms with Crippen LogP contribution in [-0.2, 0) is 4.79 Å². The molecule has 0 fully saturated rings. The van der Waals surface area contributed by atoms with Crippen molar-refractivity contribution in [3.63, 3.8) is 0 Å². The van der Waals surface area contributed by atoms with E-state index in [9.17, 15) is 4.79 Å². The normalized spacial score (nSPS) is 12.6. The number of fused-ring (bicyclic) bond motifs is 1. The van der Waals surface area contributed by atoms with E-state index >= 15 is 0 Å². The smallest absolute Gasteiger partial charge is 0.257 e. The summed E-state index contributed by atoms with van der Waals surface area (Å²) in [6.07, 6.45) is 0. The van der Waals surface area contributed by atoms with E-state index in [0.29, 0.717) is 0 Å². The molecule has 0 radical (unpaired) electrons. The lowest BCUT2D eigenvalue weighted by Gasteiger charge is -2.18. The number of carbonyl (C=O) groups excluding carboxylic acids is 1. The van der Waals surface area contributed by atoms with E-state index in [1.165, 1.54) is 17.1 Å². The van der Waals surface area contributed by atoms with E-state index < -0.39 is 0 Å². The number of rotatable bonds is 4. The van der Waals surface area contributed by atoms with Crippen LogP contribution in [-0.4, -0.2) is 16.4 Å². The monoisotopic (exact) mass is 275 g/mol. The Morgan fingerprint density at radius 1 is 1.16 bits per heavy atom. The Bertz CT molecular complexity index is 583. The molecular weight excluding hydrogens is 258 g/mol. The van der Waals surface area contributed by atoms with Gasteiger partial charge in [0.05, 0.1) is 5.25 Å². The molecule has 4 heteroatoms. The fourth-order valence-corrected chi connectivity index (χ4v) is 3.01. The van der Waals surface area contributed by atoms with Crippen molar-refractivity contribution in [2.24, 2.45) is 5.92 Å². The SMILES string of the molecule is CC(C)C(Sc1ccc2ccccc2c1)C(=O)NO. The molecule has 0 bridgehead atoms. The second kappa shape index (κ2) is 6.08. The minimum Gasteiger partial charge on any atom is -0.289 e. The standard InChI is InChI=1S/C15H17NO2S/c1-10(2)14(15(17)16-18)19-13-8-7-11-5-3-4-6-12(11)9-13/h3-10,14,18H,1-2H3,(H,16,17). The first-order valence-electron chi connectivity index (χ1n) is 6.21. The van der Waals surface area contributed by atoms with Crippen LogP contribution in [0.3, 0.4) is 0 Å². The molecule has 3 nitrogen and oxygen atoms in total. The number of carbonyl (C=O) groups is 1. The van der Waals surface area contributed by atoms with E-state index in [0.717, 1.165) is 10.3 Å². The summed E-state index contributed by atoms with van der Waals surface area (Å²) in [6.45, 7) is 3.93. The third-order valence-electron chi connectivity index (χ3n) is 2.96. The van der Waals surface area contributed by atoms with Gasteiger partial charge in [-0.2, -0.15) is 0 Å². The van der Waals surface area contributed by atoms with Gasteiger partial charge in [-0.3, -0.25) is 10.0 Å². The summed E-state index contributed by atoms with van der Waals surface area (Å²) in [5.74, 6) is -0.211. The fourth-order valence-electron chi connectivity index (χ4n) is 1.94. The number of thioether (sulfide) groups is 1. The first-order valence-corrected chi connectivity index (χ1v) is 7.09. The molecule has 0 saturated heterocycles. The molecule has 1 amide bonds. The minimum absolute atomic E-state index is 0.142. The lowest BCUT2D eigenvalue weighted by molar-refractivity contribution is -0.129. The summed E-state index contributed by atoms with van der Waals surface area (Å²) >= 11 is 1.47. The van der Waals surface area contributed by atoms with Crippen LogP contribution in [0.5, 0.6) is 0 Å². The van der Waals surface area contributed by atoms with Crippen LogP contribution in [0.2, 0.25) is 0 Å². The Morgan fingerprint density at radius 2 is 1.84 bits per heavy atom. The minimum atomic E-state index is -0.354. The van der Waals surface area contributed by atoms with Gasteiger partial charge in [0.1, 0.15) is 0 Å². The zero-order valence-electron chi connectivity index (χ0n) is 11.0. The van der Waals surface area contributed by atoms with Crippen molar-refractivity contribution < 1.29 is 10.0 Å². The fraction of sp³-hybridized carbons (Fsp3) is 0.267. The summed E-state index contributed by atoms with van der Waals surface area (Å²) in [6, 6.07) is 14.2. The summed E-state index contributed by atoms with van der Waals surface area (Å²) < 4.78 is 0. The number of hydroxylamine groups is 1. The molecule has 0 aliphatic carbocycles. The van der Waals surface area contributed by atoms with Crippen molar-refractivity contribution in [2.45, 2.75) is 24.0 Å². The third-order valence-corrected chi connectivity index (χ3v) is 4.50. The van der Waals surface area contributed by atoms with Gasteiger partial charge in [-0.25, -0.2) is 5.48 Å². The summed E-state index contributed by atoms with van der Waals surface area (Å²) in [4.78, 5) is 12.7. The number of hydrogen-bond acceptors (Lipinski definition) is 3. The van der Waals surface area contributed by atoms with E-state index in [1.807, 2.05) is 38.1 Å². The van der Waals surface area contributed by atoms with Crippen LogP contribution in [0.1, 0.15) is 13.8 Å². The molecule has 0 aliphatic heterocycles. The molecule has 2 aromatic carbocycles. The van der Waals surface area contributed by atoms with E-state index in [-0.39, 0.29) is 17.1 Å². The lowest BCUT2D eigenvalue weighted by Crippen LogP contribution is -2.33. The molecule has 0 aliphatic rings. The van der Waals surface area contributed by atoms with Gasteiger partial charge in [0, 0.05) is 4.90 Å². The molecule has 100 valence electrons. The van der Waals surface area contributed by atoms with Gasteiger partial charge >= 0.3 is 0 Å². The second-order valence-corrected chi connectivity index (χ2v) is 5.98. The summed E-state index contributed by atoms with van der Waals surface area (Å²) in [5.41, 5.74) is 1.74. The molecule has 2 rings (SSSR count). The van der Waals surface area contributed by atoms with Crippen LogP contribution < -0.4 is 5.48 Å². The first-order chi connectivity index (χ1) is 9.11. The van der Waals surface area contributed by atoms with E-state index in [2.05, 4.69) is 18.2 Å². The third kappa shape index (κ3) is 3.28. The molecule has 1 unspecified atom stereocenters. The Balaban J connectivity index is 2.26. The zero-order valence-corrected chi connectivity index (χ0v) is 11.8. The average molecular weight is 275 g/mol. The van der Waals surface area contributed by atoms with Crippen molar-refractivity contribution in [1.29, 1.82) is 0 Å². The van der Waals surface area contributed by atoms with Gasteiger partial charge < -0.3 is 0 Å². The summed E-state index contributed by atoms with van der Waals surface area (Å²) in [5, 5.41) is 10.8. The van der Waals surface area contributed by atoms with Gasteiger partial charge in [0.2, 0.25) is 0 Å². The molecule has 0 spiro atoms. The van der Waals surface area contributed by atoms with Crippen LogP contribution in [0, 0.1) is 5.92 Å². The quantitative estimate of drug-likeness (QED) is 0.510. The molecule has 0 heterocycles. The summed E-state index contributed by atoms with van der Waals surface area (Å²) in [7, 11) is 0. The van der Waals surface area contributed by atoms with Crippen molar-refractivity contribution in [2.75, 3.05) is 0 Å². The topological polar surface area (TPSA) is 49.3 Å². The average Bonchev–Trinajstić information content (AvgIpc) is 2.43. The molecule has 2 N–H and O–H groups in total. The van der Waals surface area contributed by atoms with Crippen molar-refractivity contribution >= 4 is 28.4 Å². The van der Waals surface area contributed by atoms with Gasteiger partial charge in [-0.15, -0.1) is 11.8 Å². The first kappa shape index (κ1) is 13.9. The van der Waals surface area contributed by atoms with Gasteiger partial charge in [-0.05, 0) is 28.8 Å². The number of benzene rings is 2. The van der Waals surface area contributed by atoms with Crippen LogP contribution in [0.4, 0.5) is 0 Å². The van der Waals surface area contributed by atoms with Crippen molar-refractivity contribution in [1.82, 2.24) is 5.48 Å². The highest BCUT2D eigenvalue weighted by Gasteiger charge is 2.23. The Labute approximate surface area is 117 Å². The van der Waals surface area contributed by atoms with E-state index in [4.69, 9.17) is 5.21 Å². The Kier molecular flexibility index (Phi) is 4.45. The van der Waals surface area contributed by atoms with Crippen LogP contribution in [0.15, 0.2) is 47.4 Å². The highest BCUT2D eigenvalue weighted by atomic mass is 32.2. The number of amides is 1. The van der Waals surface area contributed by atoms with Gasteiger partial charge in [0.25, 0.3) is 5.91 Å². The second-order valence-electron chi connectivity index (χ2n) is 4.77. The van der Waals surface area contributed by atoms with Gasteiger partial charge in [-0.1, -0.05) is 44.2 Å². The molecule has 2 aromatic rings. The zero-order chi connectivity index (χ0) is 13.8. The predicted octanol–water partition coefficient (Wildman–Crippen LogP) is 3.46. The van der Waals surface area contributed by atoms with Crippen LogP contribution in [0.25, 0.3) is 10.8 Å². The maximum atomic E-state index is 11.6. The highest BCUT2D eigenvalue weighted by molar-refractivity contribution is 8.00. The highest BCUT2D eigenvalue weighted by Crippen LogP contribution is 2.30. The Morgan fingerprint density at radius 3 is 2.47 bits per heavy atom. The number of nitrogens with one attached hydrogen (secondary N) is 1. The maximum absolute atomic E-state index is 11.6. The largest absolute Gasteiger partial charge is 0.289 e. The molecular formula is C15H17NO2S. The Hall–Kier alpha value is -1.52. The van der Waals surface area contributed by atoms with Gasteiger partial charge in [0.15, 0.2) is 0 Å². The lowest BCUT2D eigenvalue weighted by atomic mass is 10.1. The number of hydrogen-bond donors (Lipinski definition) is 2. The van der Waals surface area contributed by atoms with E-state index in [1.54, 1.807) is 5.48 Å². The molecule has 0 saturated carbocycles. The maximum Gasteiger partial charge on any atom is 0.257 e. The van der Waals surface area contributed by atoms with Crippen molar-refractivity contribution in [3.05, 3.63) is 42.5 Å².